The molecular formula is C16H20N2O3S. The maximum atomic E-state index is 12.1. The van der Waals surface area contributed by atoms with E-state index < -0.39 is 0 Å². The molecule has 0 fully saturated rings. The SMILES string of the molecule is CCOC(=O)c1cccc(C(C)C)c1COc1ccn(S)n1. The monoisotopic (exact) mass is 320 g/mol. The summed E-state index contributed by atoms with van der Waals surface area (Å²) in [7, 11) is 0. The van der Waals surface area contributed by atoms with Gasteiger partial charge in [0.15, 0.2) is 0 Å². The van der Waals surface area contributed by atoms with E-state index in [0.717, 1.165) is 11.1 Å². The zero-order chi connectivity index (χ0) is 16.1. The summed E-state index contributed by atoms with van der Waals surface area (Å²) in [5.74, 6) is 0.405. The molecule has 1 aromatic heterocycles. The minimum atomic E-state index is -0.330. The second-order valence-electron chi connectivity index (χ2n) is 5.11. The molecule has 0 unspecified atom stereocenters. The van der Waals surface area contributed by atoms with Crippen molar-refractivity contribution in [2.45, 2.75) is 33.3 Å². The standard InChI is InChI=1S/C16H20N2O3S/c1-4-20-16(19)13-7-5-6-12(11(2)3)14(13)10-21-15-8-9-18(22)17-15/h5-9,11,22H,4,10H2,1-3H3. The van der Waals surface area contributed by atoms with Crippen molar-refractivity contribution in [2.24, 2.45) is 0 Å². The first-order valence-corrected chi connectivity index (χ1v) is 7.59. The van der Waals surface area contributed by atoms with Gasteiger partial charge >= 0.3 is 5.97 Å². The average molecular weight is 320 g/mol. The van der Waals surface area contributed by atoms with E-state index in [1.54, 1.807) is 25.3 Å². The Morgan fingerprint density at radius 2 is 2.14 bits per heavy atom. The third kappa shape index (κ3) is 3.82. The molecule has 0 bridgehead atoms. The number of carbonyl (C=O) groups excluding carboxylic acids is 1. The number of ether oxygens (including phenoxy) is 2. The fourth-order valence-corrected chi connectivity index (χ4v) is 2.38. The molecule has 22 heavy (non-hydrogen) atoms. The van der Waals surface area contributed by atoms with E-state index in [9.17, 15) is 4.79 Å². The van der Waals surface area contributed by atoms with Crippen molar-refractivity contribution in [2.75, 3.05) is 6.61 Å². The predicted octanol–water partition coefficient (Wildman–Crippen LogP) is 3.46. The molecule has 0 saturated heterocycles. The molecule has 6 heteroatoms. The quantitative estimate of drug-likeness (QED) is 0.654. The molecule has 0 radical (unpaired) electrons. The van der Waals surface area contributed by atoms with Crippen molar-refractivity contribution in [3.63, 3.8) is 0 Å². The average Bonchev–Trinajstić information content (AvgIpc) is 2.90. The van der Waals surface area contributed by atoms with Crippen molar-refractivity contribution in [3.05, 3.63) is 47.2 Å². The normalized spacial score (nSPS) is 10.8. The van der Waals surface area contributed by atoms with E-state index in [1.807, 2.05) is 12.1 Å². The molecule has 0 amide bonds. The van der Waals surface area contributed by atoms with Crippen LogP contribution in [0.25, 0.3) is 0 Å². The van der Waals surface area contributed by atoms with Crippen LogP contribution >= 0.6 is 12.8 Å². The van der Waals surface area contributed by atoms with Gasteiger partial charge in [0.1, 0.15) is 6.61 Å². The number of nitrogens with zero attached hydrogens (tertiary/aromatic N) is 2. The molecule has 0 aliphatic carbocycles. The lowest BCUT2D eigenvalue weighted by Crippen LogP contribution is -2.13. The van der Waals surface area contributed by atoms with E-state index in [-0.39, 0.29) is 18.5 Å². The van der Waals surface area contributed by atoms with Crippen LogP contribution in [0.2, 0.25) is 0 Å². The van der Waals surface area contributed by atoms with Crippen LogP contribution in [0.4, 0.5) is 0 Å². The van der Waals surface area contributed by atoms with Gasteiger partial charge < -0.3 is 9.47 Å². The Labute approximate surface area is 135 Å². The van der Waals surface area contributed by atoms with Crippen LogP contribution in [0.1, 0.15) is 48.2 Å². The molecule has 0 aliphatic heterocycles. The second kappa shape index (κ2) is 7.35. The van der Waals surface area contributed by atoms with Gasteiger partial charge in [-0.3, -0.25) is 0 Å². The van der Waals surface area contributed by atoms with Crippen molar-refractivity contribution < 1.29 is 14.3 Å². The van der Waals surface area contributed by atoms with Gasteiger partial charge in [0.05, 0.1) is 12.2 Å². The number of benzene rings is 1. The summed E-state index contributed by atoms with van der Waals surface area (Å²) in [5.41, 5.74) is 2.44. The topological polar surface area (TPSA) is 53.4 Å². The number of hydrogen-bond donors (Lipinski definition) is 1. The van der Waals surface area contributed by atoms with Crippen LogP contribution in [-0.4, -0.2) is 21.8 Å². The van der Waals surface area contributed by atoms with E-state index >= 15 is 0 Å². The summed E-state index contributed by atoms with van der Waals surface area (Å²) in [5, 5.41) is 4.05. The zero-order valence-electron chi connectivity index (χ0n) is 12.9. The van der Waals surface area contributed by atoms with Crippen molar-refractivity contribution in [3.8, 4) is 5.88 Å². The van der Waals surface area contributed by atoms with Gasteiger partial charge in [-0.1, -0.05) is 26.0 Å². The molecule has 5 nitrogen and oxygen atoms in total. The highest BCUT2D eigenvalue weighted by Crippen LogP contribution is 2.25. The van der Waals surface area contributed by atoms with E-state index in [1.165, 1.54) is 4.09 Å². The number of rotatable bonds is 6. The van der Waals surface area contributed by atoms with Gasteiger partial charge in [-0.25, -0.2) is 8.88 Å². The Morgan fingerprint density at radius 3 is 2.73 bits per heavy atom. The summed E-state index contributed by atoms with van der Waals surface area (Å²) in [6.07, 6.45) is 1.68. The summed E-state index contributed by atoms with van der Waals surface area (Å²) >= 11 is 4.07. The number of carbonyl (C=O) groups is 1. The molecule has 2 aromatic rings. The highest BCUT2D eigenvalue weighted by Gasteiger charge is 2.18. The Hall–Kier alpha value is -1.95. The van der Waals surface area contributed by atoms with Gasteiger partial charge in [0.2, 0.25) is 5.88 Å². The Balaban J connectivity index is 2.30. The van der Waals surface area contributed by atoms with Crippen LogP contribution in [0.3, 0.4) is 0 Å². The van der Waals surface area contributed by atoms with Crippen LogP contribution in [0, 0.1) is 0 Å². The van der Waals surface area contributed by atoms with E-state index in [2.05, 4.69) is 31.8 Å². The van der Waals surface area contributed by atoms with Crippen molar-refractivity contribution in [1.29, 1.82) is 0 Å². The van der Waals surface area contributed by atoms with Crippen LogP contribution in [0.15, 0.2) is 30.5 Å². The number of esters is 1. The maximum Gasteiger partial charge on any atom is 0.338 e. The van der Waals surface area contributed by atoms with E-state index in [0.29, 0.717) is 18.1 Å². The molecule has 0 N–H and O–H groups in total. The highest BCUT2D eigenvalue weighted by atomic mass is 32.1. The molecule has 0 aliphatic rings. The largest absolute Gasteiger partial charge is 0.472 e. The Bertz CT molecular complexity index is 653. The van der Waals surface area contributed by atoms with Crippen molar-refractivity contribution in [1.82, 2.24) is 9.19 Å². The fraction of sp³-hybridized carbons (Fsp3) is 0.375. The fourth-order valence-electron chi connectivity index (χ4n) is 2.23. The summed E-state index contributed by atoms with van der Waals surface area (Å²) < 4.78 is 12.2. The number of aromatic nitrogens is 2. The second-order valence-corrected chi connectivity index (χ2v) is 5.52. The number of hydrogen-bond acceptors (Lipinski definition) is 5. The predicted molar refractivity (Wildman–Crippen MR) is 87.4 cm³/mol. The van der Waals surface area contributed by atoms with Crippen LogP contribution in [0.5, 0.6) is 5.88 Å². The third-order valence-electron chi connectivity index (χ3n) is 3.25. The molecule has 0 spiro atoms. The third-order valence-corrected chi connectivity index (χ3v) is 3.47. The summed E-state index contributed by atoms with van der Waals surface area (Å²) in [6.45, 7) is 6.55. The van der Waals surface area contributed by atoms with Gasteiger partial charge in [0.25, 0.3) is 0 Å². The van der Waals surface area contributed by atoms with Crippen molar-refractivity contribution >= 4 is 18.8 Å². The summed E-state index contributed by atoms with van der Waals surface area (Å²) in [4.78, 5) is 12.1. The van der Waals surface area contributed by atoms with E-state index in [4.69, 9.17) is 9.47 Å². The minimum absolute atomic E-state index is 0.257. The first kappa shape index (κ1) is 16.4. The van der Waals surface area contributed by atoms with Crippen LogP contribution in [-0.2, 0) is 11.3 Å². The smallest absolute Gasteiger partial charge is 0.338 e. The van der Waals surface area contributed by atoms with Gasteiger partial charge in [0, 0.05) is 17.8 Å². The maximum absolute atomic E-state index is 12.1. The highest BCUT2D eigenvalue weighted by molar-refractivity contribution is 7.78. The molecular weight excluding hydrogens is 300 g/mol. The van der Waals surface area contributed by atoms with Gasteiger partial charge in [-0.05, 0) is 37.3 Å². The Kier molecular flexibility index (Phi) is 5.49. The minimum Gasteiger partial charge on any atom is -0.472 e. The molecule has 118 valence electrons. The van der Waals surface area contributed by atoms with Gasteiger partial charge in [-0.15, -0.1) is 5.10 Å². The lowest BCUT2D eigenvalue weighted by atomic mass is 9.93. The van der Waals surface area contributed by atoms with Gasteiger partial charge in [-0.2, -0.15) is 0 Å². The lowest BCUT2D eigenvalue weighted by molar-refractivity contribution is 0.0523. The lowest BCUT2D eigenvalue weighted by Gasteiger charge is -2.16. The summed E-state index contributed by atoms with van der Waals surface area (Å²) in [6, 6.07) is 7.35. The number of thiol groups is 1. The zero-order valence-corrected chi connectivity index (χ0v) is 13.8. The van der Waals surface area contributed by atoms with Crippen LogP contribution < -0.4 is 4.74 Å². The molecule has 0 saturated carbocycles. The Morgan fingerprint density at radius 1 is 1.36 bits per heavy atom. The molecule has 0 atom stereocenters. The first-order valence-electron chi connectivity index (χ1n) is 7.19. The molecule has 1 aromatic carbocycles. The first-order chi connectivity index (χ1) is 10.5. The molecule has 1 heterocycles. The molecule has 2 rings (SSSR count).